The molecule has 1 heterocycles. The van der Waals surface area contributed by atoms with Crippen LogP contribution in [0.2, 0.25) is 0 Å². The van der Waals surface area contributed by atoms with Gasteiger partial charge in [-0.1, -0.05) is 25.5 Å². The molecule has 0 bridgehead atoms. The largest absolute Gasteiger partial charge is 0.396 e. The van der Waals surface area contributed by atoms with E-state index in [1.165, 1.54) is 32.1 Å². The first-order chi connectivity index (χ1) is 10.0. The molecule has 0 radical (unpaired) electrons. The quantitative estimate of drug-likeness (QED) is 0.806. The minimum Gasteiger partial charge on any atom is -0.396 e. The van der Waals surface area contributed by atoms with Crippen LogP contribution < -0.4 is 5.32 Å². The van der Waals surface area contributed by atoms with Crippen LogP contribution in [0.3, 0.4) is 0 Å². The average Bonchev–Trinajstić information content (AvgIpc) is 2.77. The molecule has 0 saturated heterocycles. The van der Waals surface area contributed by atoms with Gasteiger partial charge < -0.3 is 10.4 Å². The van der Waals surface area contributed by atoms with Gasteiger partial charge in [0.1, 0.15) is 0 Å². The van der Waals surface area contributed by atoms with Crippen molar-refractivity contribution in [2.24, 2.45) is 16.7 Å². The number of rotatable bonds is 7. The Hall–Kier alpha value is -0.940. The molecule has 0 unspecified atom stereocenters. The van der Waals surface area contributed by atoms with Gasteiger partial charge in [-0.3, -0.25) is 4.68 Å². The second-order valence-corrected chi connectivity index (χ2v) is 7.79. The molecule has 2 fully saturated rings. The number of aliphatic hydroxyl groups excluding tert-OH is 1. The first-order valence-electron chi connectivity index (χ1n) is 8.25. The van der Waals surface area contributed by atoms with Crippen molar-refractivity contribution in [3.63, 3.8) is 0 Å². The Labute approximate surface area is 127 Å². The molecule has 2 N–H and O–H groups in total. The van der Waals surface area contributed by atoms with E-state index in [1.54, 1.807) is 0 Å². The van der Waals surface area contributed by atoms with Crippen LogP contribution in [0.25, 0.3) is 0 Å². The fourth-order valence-electron chi connectivity index (χ4n) is 4.20. The predicted molar refractivity (Wildman–Crippen MR) is 81.6 cm³/mol. The van der Waals surface area contributed by atoms with E-state index in [4.69, 9.17) is 0 Å². The Bertz CT molecular complexity index is 470. The van der Waals surface area contributed by atoms with Crippen molar-refractivity contribution < 1.29 is 5.11 Å². The highest BCUT2D eigenvalue weighted by Crippen LogP contribution is 2.63. The van der Waals surface area contributed by atoms with E-state index >= 15 is 0 Å². The Kier molecular flexibility index (Phi) is 4.06. The predicted octanol–water partition coefficient (Wildman–Crippen LogP) is 1.97. The van der Waals surface area contributed by atoms with Crippen LogP contribution in [0, 0.1) is 16.7 Å². The molecule has 1 aromatic heterocycles. The summed E-state index contributed by atoms with van der Waals surface area (Å²) in [6, 6.07) is 0. The Morgan fingerprint density at radius 3 is 2.71 bits per heavy atom. The molecule has 2 aliphatic carbocycles. The van der Waals surface area contributed by atoms with Gasteiger partial charge in [-0.15, -0.1) is 5.10 Å². The summed E-state index contributed by atoms with van der Waals surface area (Å²) < 4.78 is 1.91. The van der Waals surface area contributed by atoms with Crippen LogP contribution in [0.1, 0.15) is 51.6 Å². The van der Waals surface area contributed by atoms with E-state index in [0.29, 0.717) is 17.9 Å². The summed E-state index contributed by atoms with van der Waals surface area (Å²) in [5, 5.41) is 21.5. The highest BCUT2D eigenvalue weighted by atomic mass is 16.3. The van der Waals surface area contributed by atoms with Crippen LogP contribution in [0.4, 0.5) is 0 Å². The van der Waals surface area contributed by atoms with Crippen molar-refractivity contribution in [3.05, 3.63) is 11.9 Å². The third-order valence-corrected chi connectivity index (χ3v) is 5.19. The lowest BCUT2D eigenvalue weighted by atomic mass is 9.45. The SMILES string of the molecule is CC(C)Cn1cc(CNCC2(CO)CC3(CCC3)C2)nn1. The van der Waals surface area contributed by atoms with Gasteiger partial charge in [-0.25, -0.2) is 0 Å². The molecule has 2 saturated carbocycles. The third-order valence-electron chi connectivity index (χ3n) is 5.19. The standard InChI is InChI=1S/C16H28N4O/c1-13(2)7-20-8-14(18-19-20)6-17-11-16(12-21)9-15(10-16)4-3-5-15/h8,13,17,21H,3-7,9-12H2,1-2H3. The zero-order chi connectivity index (χ0) is 14.9. The number of hydrogen-bond donors (Lipinski definition) is 2. The summed E-state index contributed by atoms with van der Waals surface area (Å²) in [4.78, 5) is 0. The van der Waals surface area contributed by atoms with Gasteiger partial charge in [-0.2, -0.15) is 0 Å². The minimum atomic E-state index is 0.119. The molecular formula is C16H28N4O. The lowest BCUT2D eigenvalue weighted by Gasteiger charge is -2.61. The lowest BCUT2D eigenvalue weighted by Crippen LogP contribution is -2.56. The van der Waals surface area contributed by atoms with Gasteiger partial charge in [-0.05, 0) is 37.0 Å². The maximum absolute atomic E-state index is 9.72. The Morgan fingerprint density at radius 2 is 2.14 bits per heavy atom. The molecule has 118 valence electrons. The molecule has 21 heavy (non-hydrogen) atoms. The number of nitrogens with one attached hydrogen (secondary N) is 1. The topological polar surface area (TPSA) is 63.0 Å². The molecule has 5 heteroatoms. The first-order valence-corrected chi connectivity index (χ1v) is 8.25. The van der Waals surface area contributed by atoms with Gasteiger partial charge >= 0.3 is 0 Å². The van der Waals surface area contributed by atoms with Crippen molar-refractivity contribution in [2.45, 2.75) is 59.0 Å². The summed E-state index contributed by atoms with van der Waals surface area (Å²) in [7, 11) is 0. The molecule has 0 amide bonds. The normalized spacial score (nSPS) is 22.3. The third kappa shape index (κ3) is 3.14. The second-order valence-electron chi connectivity index (χ2n) is 7.79. The molecule has 1 spiro atoms. The van der Waals surface area contributed by atoms with Gasteiger partial charge in [0, 0.05) is 37.9 Å². The summed E-state index contributed by atoms with van der Waals surface area (Å²) in [6.07, 6.45) is 8.55. The maximum Gasteiger partial charge on any atom is 0.0964 e. The number of aliphatic hydroxyl groups is 1. The molecule has 0 aliphatic heterocycles. The van der Waals surface area contributed by atoms with Crippen LogP contribution >= 0.6 is 0 Å². The number of aromatic nitrogens is 3. The zero-order valence-corrected chi connectivity index (χ0v) is 13.3. The summed E-state index contributed by atoms with van der Waals surface area (Å²) in [5.41, 5.74) is 1.71. The summed E-state index contributed by atoms with van der Waals surface area (Å²) in [5.74, 6) is 0.582. The van der Waals surface area contributed by atoms with Gasteiger partial charge in [0.25, 0.3) is 0 Å². The van der Waals surface area contributed by atoms with Gasteiger partial charge in [0.05, 0.1) is 5.69 Å². The van der Waals surface area contributed by atoms with Crippen LogP contribution in [0.5, 0.6) is 0 Å². The van der Waals surface area contributed by atoms with Crippen LogP contribution in [0.15, 0.2) is 6.20 Å². The van der Waals surface area contributed by atoms with Crippen molar-refractivity contribution in [1.82, 2.24) is 20.3 Å². The monoisotopic (exact) mass is 292 g/mol. The maximum atomic E-state index is 9.72. The average molecular weight is 292 g/mol. The van der Waals surface area contributed by atoms with Gasteiger partial charge in [0.2, 0.25) is 0 Å². The van der Waals surface area contributed by atoms with Crippen LogP contribution in [-0.4, -0.2) is 33.3 Å². The zero-order valence-electron chi connectivity index (χ0n) is 13.3. The van der Waals surface area contributed by atoms with E-state index in [0.717, 1.165) is 25.3 Å². The molecule has 1 aromatic rings. The van der Waals surface area contributed by atoms with E-state index in [1.807, 2.05) is 10.9 Å². The van der Waals surface area contributed by atoms with Crippen molar-refractivity contribution in [3.8, 4) is 0 Å². The number of nitrogens with zero attached hydrogens (tertiary/aromatic N) is 3. The fraction of sp³-hybridized carbons (Fsp3) is 0.875. The van der Waals surface area contributed by atoms with E-state index in [-0.39, 0.29) is 5.41 Å². The molecule has 3 rings (SSSR count). The summed E-state index contributed by atoms with van der Waals surface area (Å²) >= 11 is 0. The van der Waals surface area contributed by atoms with Gasteiger partial charge in [0.15, 0.2) is 0 Å². The lowest BCUT2D eigenvalue weighted by molar-refractivity contribution is -0.119. The van der Waals surface area contributed by atoms with E-state index in [2.05, 4.69) is 29.5 Å². The highest BCUT2D eigenvalue weighted by molar-refractivity contribution is 5.07. The van der Waals surface area contributed by atoms with Crippen molar-refractivity contribution in [2.75, 3.05) is 13.2 Å². The summed E-state index contributed by atoms with van der Waals surface area (Å²) in [6.45, 7) is 7.21. The highest BCUT2D eigenvalue weighted by Gasteiger charge is 2.56. The van der Waals surface area contributed by atoms with E-state index < -0.39 is 0 Å². The molecular weight excluding hydrogens is 264 g/mol. The van der Waals surface area contributed by atoms with Crippen molar-refractivity contribution >= 4 is 0 Å². The smallest absolute Gasteiger partial charge is 0.0964 e. The minimum absolute atomic E-state index is 0.119. The number of hydrogen-bond acceptors (Lipinski definition) is 4. The second kappa shape index (κ2) is 5.69. The Balaban J connectivity index is 1.44. The molecule has 0 aromatic carbocycles. The Morgan fingerprint density at radius 1 is 1.38 bits per heavy atom. The molecule has 5 nitrogen and oxygen atoms in total. The molecule has 2 aliphatic rings. The van der Waals surface area contributed by atoms with Crippen LogP contribution in [-0.2, 0) is 13.1 Å². The fourth-order valence-corrected chi connectivity index (χ4v) is 4.20. The van der Waals surface area contributed by atoms with Crippen molar-refractivity contribution in [1.29, 1.82) is 0 Å². The first kappa shape index (κ1) is 15.0. The molecule has 0 atom stereocenters. The van der Waals surface area contributed by atoms with E-state index in [9.17, 15) is 5.11 Å².